The van der Waals surface area contributed by atoms with E-state index < -0.39 is 0 Å². The second kappa shape index (κ2) is 8.11. The molecule has 1 aromatic carbocycles. The van der Waals surface area contributed by atoms with Crippen molar-refractivity contribution in [3.8, 4) is 22.6 Å². The van der Waals surface area contributed by atoms with Crippen molar-refractivity contribution in [1.29, 1.82) is 0 Å². The minimum absolute atomic E-state index is 0.247. The lowest BCUT2D eigenvalue weighted by molar-refractivity contribution is 0.628. The maximum atomic E-state index is 13.5. The maximum absolute atomic E-state index is 13.5. The zero-order valence-electron chi connectivity index (χ0n) is 17.0. The lowest BCUT2D eigenvalue weighted by atomic mass is 10.1. The molecule has 2 aromatic heterocycles. The molecule has 2 N–H and O–H groups in total. The molecule has 2 aliphatic rings. The van der Waals surface area contributed by atoms with Gasteiger partial charge >= 0.3 is 0 Å². The van der Waals surface area contributed by atoms with Crippen LogP contribution in [-0.2, 0) is 12.8 Å². The van der Waals surface area contributed by atoms with E-state index in [4.69, 9.17) is 15.7 Å². The van der Waals surface area contributed by atoms with E-state index in [-0.39, 0.29) is 11.9 Å². The van der Waals surface area contributed by atoms with E-state index in [1.165, 1.54) is 37.8 Å². The van der Waals surface area contributed by atoms with Crippen LogP contribution in [0.5, 0.6) is 0 Å². The van der Waals surface area contributed by atoms with E-state index in [1.807, 2.05) is 6.07 Å². The van der Waals surface area contributed by atoms with Gasteiger partial charge in [-0.1, -0.05) is 11.6 Å². The lowest BCUT2D eigenvalue weighted by Gasteiger charge is -2.15. The molecule has 3 heterocycles. The predicted octanol–water partition coefficient (Wildman–Crippen LogP) is 4.64. The van der Waals surface area contributed by atoms with Crippen molar-refractivity contribution in [1.82, 2.24) is 19.5 Å². The number of imidazole rings is 1. The van der Waals surface area contributed by atoms with Crippen LogP contribution in [0.1, 0.15) is 49.8 Å². The van der Waals surface area contributed by atoms with Gasteiger partial charge in [-0.3, -0.25) is 0 Å². The SMILES string of the molecule is NCCc1nccc(-c2c(-c3ccc(F)cc3)nc3n2C(C=C2CCCC2)CC3)n1. The quantitative estimate of drug-likeness (QED) is 0.631. The number of allylic oxidation sites excluding steroid dienone is 2. The molecule has 3 aromatic rings. The highest BCUT2D eigenvalue weighted by Gasteiger charge is 2.30. The molecule has 1 atom stereocenters. The molecule has 1 fully saturated rings. The first-order valence-electron chi connectivity index (χ1n) is 10.8. The van der Waals surface area contributed by atoms with Crippen LogP contribution >= 0.6 is 0 Å². The third-order valence-electron chi connectivity index (χ3n) is 6.09. The van der Waals surface area contributed by atoms with Crippen LogP contribution in [0.2, 0.25) is 0 Å². The van der Waals surface area contributed by atoms with Crippen LogP contribution < -0.4 is 5.73 Å². The first-order chi connectivity index (χ1) is 14.7. The van der Waals surface area contributed by atoms with Gasteiger partial charge in [-0.15, -0.1) is 0 Å². The van der Waals surface area contributed by atoms with Gasteiger partial charge in [0.25, 0.3) is 0 Å². The smallest absolute Gasteiger partial charge is 0.130 e. The van der Waals surface area contributed by atoms with E-state index in [0.29, 0.717) is 13.0 Å². The fraction of sp³-hybridized carbons (Fsp3) is 0.375. The van der Waals surface area contributed by atoms with Crippen LogP contribution in [0, 0.1) is 5.82 Å². The Kier molecular flexibility index (Phi) is 5.17. The largest absolute Gasteiger partial charge is 0.330 e. The van der Waals surface area contributed by atoms with Crippen LogP contribution in [-0.4, -0.2) is 26.1 Å². The third kappa shape index (κ3) is 3.56. The Balaban J connectivity index is 1.67. The van der Waals surface area contributed by atoms with Gasteiger partial charge in [0, 0.05) is 24.6 Å². The zero-order valence-corrected chi connectivity index (χ0v) is 17.0. The Bertz CT molecular complexity index is 1080. The van der Waals surface area contributed by atoms with Crippen molar-refractivity contribution in [2.45, 2.75) is 51.0 Å². The lowest BCUT2D eigenvalue weighted by Crippen LogP contribution is -2.09. The number of hydrogen-bond acceptors (Lipinski definition) is 4. The number of rotatable bonds is 5. The summed E-state index contributed by atoms with van der Waals surface area (Å²) < 4.78 is 15.9. The molecule has 6 heteroatoms. The number of hydrogen-bond donors (Lipinski definition) is 1. The van der Waals surface area contributed by atoms with Crippen LogP contribution in [0.4, 0.5) is 4.39 Å². The number of halogens is 1. The van der Waals surface area contributed by atoms with E-state index in [9.17, 15) is 4.39 Å². The maximum Gasteiger partial charge on any atom is 0.130 e. The molecule has 0 radical (unpaired) electrons. The van der Waals surface area contributed by atoms with Crippen molar-refractivity contribution in [2.75, 3.05) is 6.54 Å². The summed E-state index contributed by atoms with van der Waals surface area (Å²) in [5.41, 5.74) is 10.9. The minimum Gasteiger partial charge on any atom is -0.330 e. The molecule has 5 nitrogen and oxygen atoms in total. The number of nitrogens with zero attached hydrogens (tertiary/aromatic N) is 4. The molecule has 1 aliphatic heterocycles. The van der Waals surface area contributed by atoms with Gasteiger partial charge in [0.15, 0.2) is 0 Å². The number of aryl methyl sites for hydroxylation is 1. The average molecular weight is 404 g/mol. The monoisotopic (exact) mass is 403 g/mol. The highest BCUT2D eigenvalue weighted by molar-refractivity contribution is 5.77. The summed E-state index contributed by atoms with van der Waals surface area (Å²) in [7, 11) is 0. The van der Waals surface area contributed by atoms with E-state index in [2.05, 4.69) is 15.6 Å². The van der Waals surface area contributed by atoms with Gasteiger partial charge in [-0.25, -0.2) is 19.3 Å². The third-order valence-corrected chi connectivity index (χ3v) is 6.09. The first kappa shape index (κ1) is 19.1. The molecule has 0 amide bonds. The predicted molar refractivity (Wildman–Crippen MR) is 115 cm³/mol. The highest BCUT2D eigenvalue weighted by Crippen LogP contribution is 2.40. The van der Waals surface area contributed by atoms with Gasteiger partial charge in [0.1, 0.15) is 17.5 Å². The first-order valence-corrected chi connectivity index (χ1v) is 10.8. The molecular formula is C24H26FN5. The van der Waals surface area contributed by atoms with E-state index in [0.717, 1.165) is 47.1 Å². The molecule has 0 bridgehead atoms. The fourth-order valence-corrected chi connectivity index (χ4v) is 4.68. The number of nitrogens with two attached hydrogens (primary N) is 1. The molecule has 1 unspecified atom stereocenters. The standard InChI is InChI=1S/C24H26FN5/c25-18-7-5-17(6-8-18)23-24(20-12-14-27-21(28-20)11-13-26)30-19(9-10-22(30)29-23)15-16-3-1-2-4-16/h5-8,12,14-15,19H,1-4,9-11,13,26H2. The van der Waals surface area contributed by atoms with Gasteiger partial charge in [-0.2, -0.15) is 0 Å². The average Bonchev–Trinajstić information content (AvgIpc) is 3.48. The second-order valence-corrected chi connectivity index (χ2v) is 8.14. The summed E-state index contributed by atoms with van der Waals surface area (Å²) in [6.45, 7) is 0.507. The van der Waals surface area contributed by atoms with Crippen molar-refractivity contribution in [3.63, 3.8) is 0 Å². The molecule has 1 aliphatic carbocycles. The topological polar surface area (TPSA) is 69.6 Å². The summed E-state index contributed by atoms with van der Waals surface area (Å²) in [4.78, 5) is 14.2. The Morgan fingerprint density at radius 1 is 1.07 bits per heavy atom. The van der Waals surface area contributed by atoms with Gasteiger partial charge in [-0.05, 0) is 69.0 Å². The fourth-order valence-electron chi connectivity index (χ4n) is 4.68. The normalized spacial score (nSPS) is 18.1. The second-order valence-electron chi connectivity index (χ2n) is 8.14. The number of benzene rings is 1. The number of aromatic nitrogens is 4. The van der Waals surface area contributed by atoms with Crippen LogP contribution in [0.15, 0.2) is 48.2 Å². The Hall–Kier alpha value is -2.86. The zero-order chi connectivity index (χ0) is 20.5. The minimum atomic E-state index is -0.247. The van der Waals surface area contributed by atoms with Crippen LogP contribution in [0.3, 0.4) is 0 Å². The summed E-state index contributed by atoms with van der Waals surface area (Å²) in [6.07, 6.45) is 11.9. The molecule has 1 saturated carbocycles. The van der Waals surface area contributed by atoms with Crippen LogP contribution in [0.25, 0.3) is 22.6 Å². The van der Waals surface area contributed by atoms with Gasteiger partial charge < -0.3 is 10.3 Å². The van der Waals surface area contributed by atoms with E-state index in [1.54, 1.807) is 23.9 Å². The van der Waals surface area contributed by atoms with Gasteiger partial charge in [0.2, 0.25) is 0 Å². The molecule has 30 heavy (non-hydrogen) atoms. The van der Waals surface area contributed by atoms with Crippen molar-refractivity contribution < 1.29 is 4.39 Å². The Morgan fingerprint density at radius 3 is 2.63 bits per heavy atom. The number of fused-ring (bicyclic) bond motifs is 1. The van der Waals surface area contributed by atoms with Crippen molar-refractivity contribution in [2.24, 2.45) is 5.73 Å². The van der Waals surface area contributed by atoms with Crippen molar-refractivity contribution in [3.05, 3.63) is 65.6 Å². The highest BCUT2D eigenvalue weighted by atomic mass is 19.1. The molecule has 154 valence electrons. The summed E-state index contributed by atoms with van der Waals surface area (Å²) in [5.74, 6) is 1.56. The Labute approximate surface area is 175 Å². The molecule has 0 saturated heterocycles. The van der Waals surface area contributed by atoms with Gasteiger partial charge in [0.05, 0.1) is 23.1 Å². The van der Waals surface area contributed by atoms with Crippen molar-refractivity contribution >= 4 is 0 Å². The summed E-state index contributed by atoms with van der Waals surface area (Å²) in [6, 6.07) is 8.79. The molecule has 0 spiro atoms. The summed E-state index contributed by atoms with van der Waals surface area (Å²) in [5, 5.41) is 0. The Morgan fingerprint density at radius 2 is 1.87 bits per heavy atom. The summed E-state index contributed by atoms with van der Waals surface area (Å²) >= 11 is 0. The molecular weight excluding hydrogens is 377 g/mol. The van der Waals surface area contributed by atoms with E-state index >= 15 is 0 Å². The molecule has 5 rings (SSSR count).